The molecule has 3 aromatic rings. The summed E-state index contributed by atoms with van der Waals surface area (Å²) in [5.74, 6) is -1.54. The average Bonchev–Trinajstić information content (AvgIpc) is 3.13. The van der Waals surface area contributed by atoms with E-state index in [1.807, 2.05) is 0 Å². The molecule has 8 heteroatoms. The summed E-state index contributed by atoms with van der Waals surface area (Å²) in [4.78, 5) is 15.8. The number of rotatable bonds is 4. The molecule has 0 aliphatic rings. The third kappa shape index (κ3) is 3.12. The van der Waals surface area contributed by atoms with E-state index in [1.165, 1.54) is 35.6 Å². The molecule has 3 rings (SSSR count). The number of carbonyl (C=O) groups excluding carboxylic acids is 1. The van der Waals surface area contributed by atoms with Gasteiger partial charge in [0.05, 0.1) is 21.2 Å². The summed E-state index contributed by atoms with van der Waals surface area (Å²) < 4.78 is 19.2. The van der Waals surface area contributed by atoms with E-state index >= 15 is 0 Å². The normalized spacial score (nSPS) is 12.3. The van der Waals surface area contributed by atoms with E-state index in [9.17, 15) is 14.3 Å². The van der Waals surface area contributed by atoms with Gasteiger partial charge in [0.25, 0.3) is 0 Å². The molecule has 0 amide bonds. The van der Waals surface area contributed by atoms with Crippen molar-refractivity contribution < 1.29 is 18.7 Å². The number of benzene rings is 1. The van der Waals surface area contributed by atoms with Crippen LogP contribution in [0.4, 0.5) is 4.39 Å². The van der Waals surface area contributed by atoms with Crippen molar-refractivity contribution in [2.45, 2.75) is 6.04 Å². The Morgan fingerprint density at radius 3 is 2.57 bits per heavy atom. The minimum atomic E-state index is -1.48. The molecule has 0 fully saturated rings. The molecule has 1 unspecified atom stereocenters. The maximum atomic E-state index is 13.0. The van der Waals surface area contributed by atoms with Crippen molar-refractivity contribution in [2.75, 3.05) is 0 Å². The van der Waals surface area contributed by atoms with Crippen molar-refractivity contribution in [1.82, 2.24) is 4.98 Å². The SMILES string of the molecule is NC(C(=O)[O-])c1nc(-c2ccc(F)cc2)oc1-c1ccc(Cl)s1. The smallest absolute Gasteiger partial charge is 0.227 e. The van der Waals surface area contributed by atoms with Gasteiger partial charge in [-0.25, -0.2) is 9.37 Å². The molecule has 2 aromatic heterocycles. The van der Waals surface area contributed by atoms with Gasteiger partial charge in [0.15, 0.2) is 5.76 Å². The lowest BCUT2D eigenvalue weighted by Crippen LogP contribution is -2.35. The van der Waals surface area contributed by atoms with Crippen LogP contribution < -0.4 is 10.8 Å². The van der Waals surface area contributed by atoms with E-state index in [1.54, 1.807) is 12.1 Å². The number of carboxylic acids is 1. The predicted molar refractivity (Wildman–Crippen MR) is 82.2 cm³/mol. The van der Waals surface area contributed by atoms with Gasteiger partial charge in [0.2, 0.25) is 5.89 Å². The fourth-order valence-electron chi connectivity index (χ4n) is 1.98. The van der Waals surface area contributed by atoms with Gasteiger partial charge in [-0.15, -0.1) is 11.3 Å². The van der Waals surface area contributed by atoms with E-state index in [4.69, 9.17) is 21.8 Å². The van der Waals surface area contributed by atoms with Crippen molar-refractivity contribution in [3.8, 4) is 22.1 Å². The van der Waals surface area contributed by atoms with Crippen LogP contribution in [0, 0.1) is 5.82 Å². The van der Waals surface area contributed by atoms with Crippen molar-refractivity contribution in [2.24, 2.45) is 5.73 Å². The summed E-state index contributed by atoms with van der Waals surface area (Å²) in [7, 11) is 0. The fraction of sp³-hybridized carbons (Fsp3) is 0.0667. The van der Waals surface area contributed by atoms with Crippen LogP contribution in [0.25, 0.3) is 22.1 Å². The van der Waals surface area contributed by atoms with Gasteiger partial charge < -0.3 is 20.1 Å². The molecule has 0 spiro atoms. The van der Waals surface area contributed by atoms with Crippen molar-refractivity contribution in [3.63, 3.8) is 0 Å². The molecule has 0 aliphatic carbocycles. The second-order valence-corrected chi connectivity index (χ2v) is 6.36. The lowest BCUT2D eigenvalue weighted by molar-refractivity contribution is -0.308. The van der Waals surface area contributed by atoms with Crippen LogP contribution in [0.1, 0.15) is 11.7 Å². The molecule has 0 bridgehead atoms. The maximum Gasteiger partial charge on any atom is 0.227 e. The Morgan fingerprint density at radius 1 is 1.30 bits per heavy atom. The first-order valence-electron chi connectivity index (χ1n) is 6.44. The highest BCUT2D eigenvalue weighted by Gasteiger charge is 2.23. The second-order valence-electron chi connectivity index (χ2n) is 4.64. The first-order chi connectivity index (χ1) is 11.0. The molecule has 5 nitrogen and oxygen atoms in total. The van der Waals surface area contributed by atoms with E-state index in [-0.39, 0.29) is 17.3 Å². The Morgan fingerprint density at radius 2 is 2.00 bits per heavy atom. The Kier molecular flexibility index (Phi) is 4.16. The molecule has 0 aliphatic heterocycles. The summed E-state index contributed by atoms with van der Waals surface area (Å²) in [5.41, 5.74) is 6.15. The summed E-state index contributed by atoms with van der Waals surface area (Å²) >= 11 is 7.10. The second kappa shape index (κ2) is 6.11. The molecule has 0 radical (unpaired) electrons. The van der Waals surface area contributed by atoms with Gasteiger partial charge in [-0.05, 0) is 36.4 Å². The number of hydrogen-bond donors (Lipinski definition) is 1. The summed E-state index contributed by atoms with van der Waals surface area (Å²) in [5, 5.41) is 11.1. The number of hydrogen-bond acceptors (Lipinski definition) is 6. The summed E-state index contributed by atoms with van der Waals surface area (Å²) in [6, 6.07) is 7.31. The van der Waals surface area contributed by atoms with Crippen molar-refractivity contribution in [1.29, 1.82) is 0 Å². The van der Waals surface area contributed by atoms with Crippen LogP contribution in [-0.2, 0) is 4.79 Å². The molecule has 1 aromatic carbocycles. The largest absolute Gasteiger partial charge is 0.548 e. The number of nitrogens with two attached hydrogens (primary N) is 1. The Hall–Kier alpha value is -2.22. The molecular formula is C15H9ClFN2O3S-. The van der Waals surface area contributed by atoms with E-state index < -0.39 is 17.8 Å². The molecule has 0 saturated heterocycles. The standard InChI is InChI=1S/C15H10ClFN2O3S/c16-10-6-5-9(23-10)13-12(11(18)15(20)21)19-14(22-13)7-1-3-8(17)4-2-7/h1-6,11H,18H2,(H,20,21)/p-1. The zero-order valence-electron chi connectivity index (χ0n) is 11.5. The maximum absolute atomic E-state index is 13.0. The molecule has 1 atom stereocenters. The number of nitrogens with zero attached hydrogens (tertiary/aromatic N) is 1. The third-order valence-electron chi connectivity index (χ3n) is 3.09. The summed E-state index contributed by atoms with van der Waals surface area (Å²) in [6.07, 6.45) is 0. The average molecular weight is 352 g/mol. The summed E-state index contributed by atoms with van der Waals surface area (Å²) in [6.45, 7) is 0. The molecule has 118 valence electrons. The fourth-order valence-corrected chi connectivity index (χ4v) is 3.02. The Bertz CT molecular complexity index is 860. The highest BCUT2D eigenvalue weighted by atomic mass is 35.5. The molecule has 0 saturated carbocycles. The number of aliphatic carboxylic acids is 1. The minimum Gasteiger partial charge on any atom is -0.548 e. The van der Waals surface area contributed by atoms with Crippen LogP contribution in [0.2, 0.25) is 4.34 Å². The quantitative estimate of drug-likeness (QED) is 0.780. The van der Waals surface area contributed by atoms with Gasteiger partial charge in [-0.1, -0.05) is 11.6 Å². The number of carbonyl (C=O) groups is 1. The van der Waals surface area contributed by atoms with E-state index in [0.29, 0.717) is 14.8 Å². The van der Waals surface area contributed by atoms with Gasteiger partial charge in [-0.2, -0.15) is 0 Å². The third-order valence-corrected chi connectivity index (χ3v) is 4.32. The van der Waals surface area contributed by atoms with E-state index in [0.717, 1.165) is 0 Å². The Labute approximate surface area is 139 Å². The molecular weight excluding hydrogens is 343 g/mol. The molecule has 2 heterocycles. The molecule has 2 N–H and O–H groups in total. The van der Waals surface area contributed by atoms with E-state index in [2.05, 4.69) is 4.98 Å². The van der Waals surface area contributed by atoms with Gasteiger partial charge in [-0.3, -0.25) is 0 Å². The minimum absolute atomic E-state index is 0.0304. The first-order valence-corrected chi connectivity index (χ1v) is 7.64. The lowest BCUT2D eigenvalue weighted by Gasteiger charge is -2.10. The number of thiophene rings is 1. The first kappa shape index (κ1) is 15.7. The number of oxazole rings is 1. The zero-order chi connectivity index (χ0) is 16.6. The van der Waals surface area contributed by atoms with Crippen LogP contribution in [0.3, 0.4) is 0 Å². The van der Waals surface area contributed by atoms with Gasteiger partial charge >= 0.3 is 0 Å². The van der Waals surface area contributed by atoms with Crippen LogP contribution in [-0.4, -0.2) is 11.0 Å². The van der Waals surface area contributed by atoms with Crippen LogP contribution >= 0.6 is 22.9 Å². The highest BCUT2D eigenvalue weighted by Crippen LogP contribution is 2.37. The Balaban J connectivity index is 2.13. The van der Waals surface area contributed by atoms with Crippen LogP contribution in [0.5, 0.6) is 0 Å². The van der Waals surface area contributed by atoms with Gasteiger partial charge in [0, 0.05) is 5.56 Å². The number of halogens is 2. The monoisotopic (exact) mass is 351 g/mol. The number of aromatic nitrogens is 1. The van der Waals surface area contributed by atoms with Crippen molar-refractivity contribution in [3.05, 3.63) is 52.2 Å². The molecule has 23 heavy (non-hydrogen) atoms. The topological polar surface area (TPSA) is 92.2 Å². The predicted octanol–water partition coefficient (Wildman–Crippen LogP) is 2.61. The van der Waals surface area contributed by atoms with Crippen molar-refractivity contribution >= 4 is 28.9 Å². The zero-order valence-corrected chi connectivity index (χ0v) is 13.0. The van der Waals surface area contributed by atoms with Gasteiger partial charge in [0.1, 0.15) is 11.5 Å². The lowest BCUT2D eigenvalue weighted by atomic mass is 10.1. The van der Waals surface area contributed by atoms with Crippen LogP contribution in [0.15, 0.2) is 40.8 Å². The number of carboxylic acid groups (broad SMARTS) is 1. The highest BCUT2D eigenvalue weighted by molar-refractivity contribution is 7.19.